The smallest absolute Gasteiger partial charge is 0.260 e. The van der Waals surface area contributed by atoms with Crippen molar-refractivity contribution in [2.75, 3.05) is 12.4 Å². The summed E-state index contributed by atoms with van der Waals surface area (Å²) < 4.78 is 5.38. The van der Waals surface area contributed by atoms with Crippen LogP contribution in [0, 0.1) is 0 Å². The summed E-state index contributed by atoms with van der Waals surface area (Å²) in [4.78, 5) is 16.9. The van der Waals surface area contributed by atoms with Gasteiger partial charge in [-0.3, -0.25) is 4.79 Å². The lowest BCUT2D eigenvalue weighted by atomic mass is 10.1. The number of benzene rings is 1. The molecular weight excluding hydrogens is 348 g/mol. The van der Waals surface area contributed by atoms with Gasteiger partial charge in [0, 0.05) is 18.0 Å². The number of carbonyl (C=O) groups excluding carboxylic acids is 1. The molecule has 3 aromatic rings. The van der Waals surface area contributed by atoms with E-state index in [2.05, 4.69) is 34.6 Å². The van der Waals surface area contributed by atoms with E-state index in [0.717, 1.165) is 12.0 Å². The van der Waals surface area contributed by atoms with E-state index >= 15 is 0 Å². The van der Waals surface area contributed by atoms with E-state index in [1.54, 1.807) is 0 Å². The molecule has 0 aliphatic carbocycles. The van der Waals surface area contributed by atoms with Gasteiger partial charge in [0.05, 0.1) is 5.56 Å². The minimum absolute atomic E-state index is 0.153. The minimum atomic E-state index is -0.153. The molecule has 7 heteroatoms. The Hall–Kier alpha value is -2.51. The van der Waals surface area contributed by atoms with Crippen molar-refractivity contribution in [3.05, 3.63) is 52.7 Å². The Labute approximate surface area is 156 Å². The SMILES string of the molecule is CCc1ccc(C(=O)Nc2sccc2-c2nc(CC(C)NC)no2)cc1. The minimum Gasteiger partial charge on any atom is -0.334 e. The van der Waals surface area contributed by atoms with Crippen molar-refractivity contribution in [2.45, 2.75) is 32.7 Å². The second-order valence-electron chi connectivity index (χ2n) is 6.08. The Morgan fingerprint density at radius 3 is 2.73 bits per heavy atom. The van der Waals surface area contributed by atoms with Gasteiger partial charge in [-0.1, -0.05) is 24.2 Å². The van der Waals surface area contributed by atoms with Gasteiger partial charge in [0.25, 0.3) is 11.8 Å². The van der Waals surface area contributed by atoms with Crippen LogP contribution in [-0.2, 0) is 12.8 Å². The molecule has 0 saturated heterocycles. The van der Waals surface area contributed by atoms with Crippen LogP contribution in [0.25, 0.3) is 11.5 Å². The summed E-state index contributed by atoms with van der Waals surface area (Å²) in [6.45, 7) is 4.14. The lowest BCUT2D eigenvalue weighted by molar-refractivity contribution is 0.102. The molecule has 1 amide bonds. The summed E-state index contributed by atoms with van der Waals surface area (Å²) >= 11 is 1.43. The van der Waals surface area contributed by atoms with Crippen LogP contribution in [0.15, 0.2) is 40.2 Å². The fraction of sp³-hybridized carbons (Fsp3) is 0.316. The molecule has 2 heterocycles. The summed E-state index contributed by atoms with van der Waals surface area (Å²) in [6.07, 6.45) is 1.62. The van der Waals surface area contributed by atoms with Crippen LogP contribution in [0.3, 0.4) is 0 Å². The van der Waals surface area contributed by atoms with E-state index in [-0.39, 0.29) is 11.9 Å². The molecule has 136 valence electrons. The van der Waals surface area contributed by atoms with Crippen molar-refractivity contribution in [3.8, 4) is 11.5 Å². The number of anilines is 1. The van der Waals surface area contributed by atoms with Crippen LogP contribution in [0.4, 0.5) is 5.00 Å². The highest BCUT2D eigenvalue weighted by molar-refractivity contribution is 7.15. The Bertz CT molecular complexity index is 870. The molecule has 6 nitrogen and oxygen atoms in total. The highest BCUT2D eigenvalue weighted by Crippen LogP contribution is 2.32. The normalized spacial score (nSPS) is 12.1. The molecule has 0 saturated carbocycles. The van der Waals surface area contributed by atoms with Crippen molar-refractivity contribution >= 4 is 22.2 Å². The predicted molar refractivity (Wildman–Crippen MR) is 104 cm³/mol. The molecule has 26 heavy (non-hydrogen) atoms. The van der Waals surface area contributed by atoms with Gasteiger partial charge in [-0.2, -0.15) is 4.98 Å². The van der Waals surface area contributed by atoms with Crippen molar-refractivity contribution in [2.24, 2.45) is 0 Å². The maximum atomic E-state index is 12.5. The van der Waals surface area contributed by atoms with Crippen LogP contribution < -0.4 is 10.6 Å². The predicted octanol–water partition coefficient (Wildman–Crippen LogP) is 3.76. The van der Waals surface area contributed by atoms with E-state index in [0.29, 0.717) is 28.7 Å². The Morgan fingerprint density at radius 1 is 1.27 bits per heavy atom. The summed E-state index contributed by atoms with van der Waals surface area (Å²) in [7, 11) is 1.89. The summed E-state index contributed by atoms with van der Waals surface area (Å²) in [6, 6.07) is 9.75. The fourth-order valence-electron chi connectivity index (χ4n) is 2.46. The largest absolute Gasteiger partial charge is 0.334 e. The fourth-order valence-corrected chi connectivity index (χ4v) is 3.24. The van der Waals surface area contributed by atoms with E-state index in [1.807, 2.05) is 42.8 Å². The number of carbonyl (C=O) groups is 1. The van der Waals surface area contributed by atoms with Gasteiger partial charge in [-0.25, -0.2) is 0 Å². The first-order chi connectivity index (χ1) is 12.6. The molecule has 0 aliphatic rings. The lowest BCUT2D eigenvalue weighted by Gasteiger charge is -2.05. The van der Waals surface area contributed by atoms with Gasteiger partial charge in [-0.15, -0.1) is 11.3 Å². The van der Waals surface area contributed by atoms with Gasteiger partial charge < -0.3 is 15.2 Å². The first-order valence-corrected chi connectivity index (χ1v) is 9.46. The molecule has 0 radical (unpaired) electrons. The molecule has 1 unspecified atom stereocenters. The zero-order chi connectivity index (χ0) is 18.5. The maximum Gasteiger partial charge on any atom is 0.260 e. The number of hydrogen-bond acceptors (Lipinski definition) is 6. The van der Waals surface area contributed by atoms with Crippen molar-refractivity contribution in [3.63, 3.8) is 0 Å². The molecule has 0 aliphatic heterocycles. The summed E-state index contributed by atoms with van der Waals surface area (Å²) in [5.74, 6) is 0.904. The third-order valence-corrected chi connectivity index (χ3v) is 5.03. The first-order valence-electron chi connectivity index (χ1n) is 8.58. The second-order valence-corrected chi connectivity index (χ2v) is 6.99. The van der Waals surface area contributed by atoms with Crippen molar-refractivity contribution in [1.29, 1.82) is 0 Å². The van der Waals surface area contributed by atoms with E-state index in [4.69, 9.17) is 4.52 Å². The van der Waals surface area contributed by atoms with Gasteiger partial charge in [0.15, 0.2) is 5.82 Å². The topological polar surface area (TPSA) is 80.0 Å². The van der Waals surface area contributed by atoms with Crippen molar-refractivity contribution < 1.29 is 9.32 Å². The molecule has 0 bridgehead atoms. The number of nitrogens with one attached hydrogen (secondary N) is 2. The molecule has 1 aromatic carbocycles. The molecular formula is C19H22N4O2S. The quantitative estimate of drug-likeness (QED) is 0.662. The average Bonchev–Trinajstić information content (AvgIpc) is 3.30. The maximum absolute atomic E-state index is 12.5. The van der Waals surface area contributed by atoms with E-state index in [9.17, 15) is 4.79 Å². The number of likely N-dealkylation sites (N-methyl/N-ethyl adjacent to an activating group) is 1. The van der Waals surface area contributed by atoms with Gasteiger partial charge in [0.1, 0.15) is 5.00 Å². The first kappa shape index (κ1) is 18.3. The van der Waals surface area contributed by atoms with E-state index < -0.39 is 0 Å². The Balaban J connectivity index is 1.75. The molecule has 3 rings (SSSR count). The third kappa shape index (κ3) is 4.17. The van der Waals surface area contributed by atoms with Crippen molar-refractivity contribution in [1.82, 2.24) is 15.5 Å². The van der Waals surface area contributed by atoms with Crippen LogP contribution in [-0.4, -0.2) is 29.1 Å². The number of aromatic nitrogens is 2. The lowest BCUT2D eigenvalue weighted by Crippen LogP contribution is -2.24. The molecule has 2 aromatic heterocycles. The van der Waals surface area contributed by atoms with Crippen LogP contribution in [0.2, 0.25) is 0 Å². The highest BCUT2D eigenvalue weighted by atomic mass is 32.1. The van der Waals surface area contributed by atoms with Crippen LogP contribution >= 0.6 is 11.3 Å². The summed E-state index contributed by atoms with van der Waals surface area (Å²) in [5, 5.41) is 12.7. The number of hydrogen-bond donors (Lipinski definition) is 2. The zero-order valence-corrected chi connectivity index (χ0v) is 15.9. The zero-order valence-electron chi connectivity index (χ0n) is 15.1. The molecule has 1 atom stereocenters. The van der Waals surface area contributed by atoms with Gasteiger partial charge in [-0.05, 0) is 49.5 Å². The molecule has 0 spiro atoms. The average molecular weight is 370 g/mol. The second kappa shape index (κ2) is 8.25. The van der Waals surface area contributed by atoms with Gasteiger partial charge in [0.2, 0.25) is 0 Å². The Kier molecular flexibility index (Phi) is 5.80. The Morgan fingerprint density at radius 2 is 2.04 bits per heavy atom. The highest BCUT2D eigenvalue weighted by Gasteiger charge is 2.17. The number of aryl methyl sites for hydroxylation is 1. The molecule has 0 fully saturated rings. The van der Waals surface area contributed by atoms with E-state index in [1.165, 1.54) is 16.9 Å². The summed E-state index contributed by atoms with van der Waals surface area (Å²) in [5.41, 5.74) is 2.56. The number of amides is 1. The molecule has 2 N–H and O–H groups in total. The van der Waals surface area contributed by atoms with Gasteiger partial charge >= 0.3 is 0 Å². The third-order valence-electron chi connectivity index (χ3n) is 4.20. The number of thiophene rings is 1. The van der Waals surface area contributed by atoms with Crippen LogP contribution in [0.1, 0.15) is 35.6 Å². The number of rotatable bonds is 7. The monoisotopic (exact) mass is 370 g/mol. The number of nitrogens with zero attached hydrogens (tertiary/aromatic N) is 2. The van der Waals surface area contributed by atoms with Crippen LogP contribution in [0.5, 0.6) is 0 Å². The standard InChI is InChI=1S/C19H22N4O2S/c1-4-13-5-7-14(8-6-13)17(24)22-19-15(9-10-26-19)18-21-16(23-25-18)11-12(2)20-3/h5-10,12,20H,4,11H2,1-3H3,(H,22,24).